The average molecular weight is 298 g/mol. The van der Waals surface area contributed by atoms with Gasteiger partial charge < -0.3 is 15.3 Å². The Balaban J connectivity index is 2.54. The van der Waals surface area contributed by atoms with Gasteiger partial charge in [-0.25, -0.2) is 4.79 Å². The van der Waals surface area contributed by atoms with Gasteiger partial charge in [-0.2, -0.15) is 11.8 Å². The van der Waals surface area contributed by atoms with Crippen LogP contribution in [0.25, 0.3) is 0 Å². The smallest absolute Gasteiger partial charge is 0.323 e. The summed E-state index contributed by atoms with van der Waals surface area (Å²) in [7, 11) is 0. The molecular formula is C14H22N2O3S. The third kappa shape index (κ3) is 4.97. The van der Waals surface area contributed by atoms with Crippen molar-refractivity contribution in [2.45, 2.75) is 36.9 Å². The van der Waals surface area contributed by atoms with E-state index in [2.05, 4.69) is 17.5 Å². The molecule has 0 heterocycles. The molecule has 1 aliphatic rings. The number of carboxylic acids is 1. The van der Waals surface area contributed by atoms with Gasteiger partial charge in [-0.15, -0.1) is 6.42 Å². The Kier molecular flexibility index (Phi) is 6.73. The van der Waals surface area contributed by atoms with Crippen LogP contribution in [0.1, 0.15) is 32.1 Å². The molecule has 1 fully saturated rings. The third-order valence-electron chi connectivity index (χ3n) is 3.66. The molecule has 2 N–H and O–H groups in total. The van der Waals surface area contributed by atoms with Gasteiger partial charge >= 0.3 is 12.0 Å². The van der Waals surface area contributed by atoms with Gasteiger partial charge in [-0.3, -0.25) is 4.79 Å². The molecule has 0 unspecified atom stereocenters. The van der Waals surface area contributed by atoms with E-state index in [0.717, 1.165) is 17.7 Å². The first-order valence-corrected chi connectivity index (χ1v) is 7.99. The Bertz CT molecular complexity index is 386. The molecule has 0 atom stereocenters. The molecule has 0 bridgehead atoms. The van der Waals surface area contributed by atoms with E-state index in [1.54, 1.807) is 11.8 Å². The normalized spacial score (nSPS) is 17.0. The lowest BCUT2D eigenvalue weighted by Crippen LogP contribution is -2.48. The Labute approximate surface area is 124 Å². The highest BCUT2D eigenvalue weighted by Gasteiger charge is 2.32. The lowest BCUT2D eigenvalue weighted by molar-refractivity contribution is -0.137. The van der Waals surface area contributed by atoms with Crippen LogP contribution in [0.15, 0.2) is 0 Å². The van der Waals surface area contributed by atoms with Crippen LogP contribution < -0.4 is 5.32 Å². The zero-order valence-corrected chi connectivity index (χ0v) is 12.7. The molecule has 2 amide bonds. The fraction of sp³-hybridized carbons (Fsp3) is 0.714. The number of hydrogen-bond acceptors (Lipinski definition) is 3. The van der Waals surface area contributed by atoms with Gasteiger partial charge in [0.1, 0.15) is 6.54 Å². The molecule has 6 heteroatoms. The first kappa shape index (κ1) is 16.7. The molecule has 1 aliphatic carbocycles. The van der Waals surface area contributed by atoms with Gasteiger partial charge in [0.25, 0.3) is 0 Å². The monoisotopic (exact) mass is 298 g/mol. The van der Waals surface area contributed by atoms with Crippen LogP contribution in [0.3, 0.4) is 0 Å². The Morgan fingerprint density at radius 3 is 2.55 bits per heavy atom. The summed E-state index contributed by atoms with van der Waals surface area (Å²) in [4.78, 5) is 23.9. The first-order valence-electron chi connectivity index (χ1n) is 6.76. The molecule has 1 saturated carbocycles. The van der Waals surface area contributed by atoms with Crippen molar-refractivity contribution in [2.75, 3.05) is 25.9 Å². The van der Waals surface area contributed by atoms with E-state index in [0.29, 0.717) is 6.54 Å². The fourth-order valence-electron chi connectivity index (χ4n) is 2.47. The van der Waals surface area contributed by atoms with Crippen molar-refractivity contribution < 1.29 is 14.7 Å². The van der Waals surface area contributed by atoms with Crippen molar-refractivity contribution in [2.24, 2.45) is 0 Å². The third-order valence-corrected chi connectivity index (χ3v) is 5.07. The van der Waals surface area contributed by atoms with E-state index in [-0.39, 0.29) is 17.8 Å². The average Bonchev–Trinajstić information content (AvgIpc) is 2.45. The van der Waals surface area contributed by atoms with Crippen molar-refractivity contribution in [3.8, 4) is 12.3 Å². The lowest BCUT2D eigenvalue weighted by Gasteiger charge is -2.36. The number of hydrogen-bond donors (Lipinski definition) is 2. The van der Waals surface area contributed by atoms with Crippen LogP contribution >= 0.6 is 11.8 Å². The lowest BCUT2D eigenvalue weighted by atomic mass is 9.88. The highest BCUT2D eigenvalue weighted by atomic mass is 32.2. The minimum atomic E-state index is -1.06. The van der Waals surface area contributed by atoms with Crippen LogP contribution in [0.4, 0.5) is 4.79 Å². The van der Waals surface area contributed by atoms with Crippen molar-refractivity contribution in [3.63, 3.8) is 0 Å². The van der Waals surface area contributed by atoms with Crippen molar-refractivity contribution in [3.05, 3.63) is 0 Å². The van der Waals surface area contributed by atoms with Gasteiger partial charge in [-0.05, 0) is 19.1 Å². The van der Waals surface area contributed by atoms with E-state index in [4.69, 9.17) is 11.5 Å². The van der Waals surface area contributed by atoms with E-state index < -0.39 is 12.0 Å². The molecular weight excluding hydrogens is 276 g/mol. The number of carbonyl (C=O) groups is 2. The van der Waals surface area contributed by atoms with E-state index in [1.165, 1.54) is 19.3 Å². The number of terminal acetylenes is 1. The molecule has 0 spiro atoms. The summed E-state index contributed by atoms with van der Waals surface area (Å²) in [5.74, 6) is 1.25. The summed E-state index contributed by atoms with van der Waals surface area (Å²) in [6.45, 7) is 0.195. The van der Waals surface area contributed by atoms with E-state index in [1.807, 2.05) is 0 Å². The van der Waals surface area contributed by atoms with Crippen LogP contribution in [-0.2, 0) is 4.79 Å². The van der Waals surface area contributed by atoms with Crippen LogP contribution in [0.2, 0.25) is 0 Å². The second-order valence-corrected chi connectivity index (χ2v) is 6.33. The molecule has 0 aromatic carbocycles. The van der Waals surface area contributed by atoms with Crippen molar-refractivity contribution in [1.29, 1.82) is 0 Å². The summed E-state index contributed by atoms with van der Waals surface area (Å²) in [5.41, 5.74) is 0. The number of aliphatic carboxylic acids is 1. The molecule has 0 aliphatic heterocycles. The summed E-state index contributed by atoms with van der Waals surface area (Å²) in [5, 5.41) is 11.6. The molecule has 1 rings (SSSR count). The quantitative estimate of drug-likeness (QED) is 0.733. The summed E-state index contributed by atoms with van der Waals surface area (Å²) >= 11 is 1.78. The highest BCUT2D eigenvalue weighted by Crippen LogP contribution is 2.37. The minimum absolute atomic E-state index is 0.00437. The topological polar surface area (TPSA) is 69.6 Å². The molecule has 20 heavy (non-hydrogen) atoms. The van der Waals surface area contributed by atoms with E-state index in [9.17, 15) is 9.59 Å². The summed E-state index contributed by atoms with van der Waals surface area (Å²) < 4.78 is 0.0823. The Morgan fingerprint density at radius 2 is 2.05 bits per heavy atom. The number of amides is 2. The molecule has 0 aromatic heterocycles. The molecule has 5 nitrogen and oxygen atoms in total. The fourth-order valence-corrected chi connectivity index (χ4v) is 3.38. The minimum Gasteiger partial charge on any atom is -0.480 e. The predicted octanol–water partition coefficient (Wildman–Crippen LogP) is 1.78. The maximum atomic E-state index is 12.0. The van der Waals surface area contributed by atoms with E-state index >= 15 is 0 Å². The molecule has 0 radical (unpaired) electrons. The largest absolute Gasteiger partial charge is 0.480 e. The predicted molar refractivity (Wildman–Crippen MR) is 80.8 cm³/mol. The number of carboxylic acid groups (broad SMARTS) is 1. The van der Waals surface area contributed by atoms with Crippen LogP contribution in [-0.4, -0.2) is 52.6 Å². The zero-order chi connectivity index (χ0) is 15.0. The number of carbonyl (C=O) groups excluding carboxylic acids is 1. The van der Waals surface area contributed by atoms with Gasteiger partial charge in [0.05, 0.1) is 6.54 Å². The highest BCUT2D eigenvalue weighted by molar-refractivity contribution is 8.00. The number of thioether (sulfide) groups is 1. The molecule has 112 valence electrons. The Hall–Kier alpha value is -1.35. The molecule has 0 saturated heterocycles. The maximum absolute atomic E-state index is 12.0. The van der Waals surface area contributed by atoms with Crippen molar-refractivity contribution >= 4 is 23.8 Å². The first-order chi connectivity index (χ1) is 9.53. The standard InChI is InChI=1S/C14H22N2O3S/c1-3-9-16(10-12(17)18)13(19)15-11-14(20-2)7-5-4-6-8-14/h1H,4-11H2,2H3,(H,15,19)(H,17,18). The zero-order valence-electron chi connectivity index (χ0n) is 11.9. The summed E-state index contributed by atoms with van der Waals surface area (Å²) in [6.07, 6.45) is 13.0. The second-order valence-electron chi connectivity index (χ2n) is 5.06. The van der Waals surface area contributed by atoms with Gasteiger partial charge in [0.15, 0.2) is 0 Å². The SMILES string of the molecule is C#CCN(CC(=O)O)C(=O)NCC1(SC)CCCCC1. The van der Waals surface area contributed by atoms with Crippen molar-refractivity contribution in [1.82, 2.24) is 10.2 Å². The second kappa shape index (κ2) is 8.05. The summed E-state index contributed by atoms with van der Waals surface area (Å²) in [6, 6.07) is -0.399. The molecule has 0 aromatic rings. The number of nitrogens with zero attached hydrogens (tertiary/aromatic N) is 1. The van der Waals surface area contributed by atoms with Gasteiger partial charge in [0.2, 0.25) is 0 Å². The van der Waals surface area contributed by atoms with Gasteiger partial charge in [0, 0.05) is 11.3 Å². The van der Waals surface area contributed by atoms with Crippen LogP contribution in [0.5, 0.6) is 0 Å². The number of urea groups is 1. The maximum Gasteiger partial charge on any atom is 0.323 e. The number of nitrogens with one attached hydrogen (secondary N) is 1. The van der Waals surface area contributed by atoms with Gasteiger partial charge in [-0.1, -0.05) is 25.2 Å². The number of rotatable bonds is 6. The van der Waals surface area contributed by atoms with Crippen LogP contribution in [0, 0.1) is 12.3 Å². The Morgan fingerprint density at radius 1 is 1.40 bits per heavy atom.